The molecular formula is C10H18N4S. The van der Waals surface area contributed by atoms with Gasteiger partial charge in [0, 0.05) is 18.3 Å². The zero-order valence-corrected chi connectivity index (χ0v) is 10.1. The fraction of sp³-hybridized carbons (Fsp3) is 0.800. The molecule has 1 aromatic rings. The van der Waals surface area contributed by atoms with E-state index in [1.165, 1.54) is 25.7 Å². The molecular weight excluding hydrogens is 208 g/mol. The fourth-order valence-corrected chi connectivity index (χ4v) is 3.27. The first-order valence-electron chi connectivity index (χ1n) is 5.47. The van der Waals surface area contributed by atoms with Gasteiger partial charge in [0.25, 0.3) is 0 Å². The average Bonchev–Trinajstić information content (AvgIpc) is 2.65. The summed E-state index contributed by atoms with van der Waals surface area (Å²) in [4.78, 5) is 4.26. The van der Waals surface area contributed by atoms with Gasteiger partial charge < -0.3 is 5.32 Å². The standard InChI is InChI=1S/C10H18N4S/c1-11-8-4-3-5-9(6-8)15-10-12-7-13-14(10)2/h7-9,11H,3-6H2,1-2H3. The van der Waals surface area contributed by atoms with E-state index in [4.69, 9.17) is 0 Å². The van der Waals surface area contributed by atoms with Gasteiger partial charge in [-0.3, -0.25) is 0 Å². The lowest BCUT2D eigenvalue weighted by Gasteiger charge is -2.27. The third kappa shape index (κ3) is 2.72. The minimum absolute atomic E-state index is 0.685. The second-order valence-corrected chi connectivity index (χ2v) is 5.33. The second-order valence-electron chi connectivity index (χ2n) is 4.06. The van der Waals surface area contributed by atoms with Crippen molar-refractivity contribution in [2.45, 2.75) is 42.1 Å². The first-order chi connectivity index (χ1) is 7.29. The highest BCUT2D eigenvalue weighted by molar-refractivity contribution is 7.99. The molecule has 0 aromatic carbocycles. The fourth-order valence-electron chi connectivity index (χ4n) is 2.06. The molecule has 2 rings (SSSR count). The summed E-state index contributed by atoms with van der Waals surface area (Å²) in [6.07, 6.45) is 6.80. The van der Waals surface area contributed by atoms with Crippen molar-refractivity contribution >= 4 is 11.8 Å². The van der Waals surface area contributed by atoms with E-state index in [2.05, 4.69) is 22.4 Å². The van der Waals surface area contributed by atoms with Crippen LogP contribution < -0.4 is 5.32 Å². The minimum Gasteiger partial charge on any atom is -0.317 e. The van der Waals surface area contributed by atoms with E-state index >= 15 is 0 Å². The van der Waals surface area contributed by atoms with Crippen LogP contribution in [0.3, 0.4) is 0 Å². The average molecular weight is 226 g/mol. The summed E-state index contributed by atoms with van der Waals surface area (Å²) in [6.45, 7) is 0. The van der Waals surface area contributed by atoms with Gasteiger partial charge in [0.05, 0.1) is 0 Å². The Hall–Kier alpha value is -0.550. The molecule has 4 nitrogen and oxygen atoms in total. The Bertz CT molecular complexity index is 312. The van der Waals surface area contributed by atoms with Gasteiger partial charge in [0.1, 0.15) is 6.33 Å². The summed E-state index contributed by atoms with van der Waals surface area (Å²) in [5.41, 5.74) is 0. The highest BCUT2D eigenvalue weighted by Crippen LogP contribution is 2.32. The van der Waals surface area contributed by atoms with Crippen LogP contribution in [0.25, 0.3) is 0 Å². The van der Waals surface area contributed by atoms with Crippen molar-refractivity contribution in [3.05, 3.63) is 6.33 Å². The van der Waals surface area contributed by atoms with Gasteiger partial charge in [-0.15, -0.1) is 0 Å². The largest absolute Gasteiger partial charge is 0.317 e. The van der Waals surface area contributed by atoms with Crippen LogP contribution in [0.1, 0.15) is 25.7 Å². The molecule has 1 saturated carbocycles. The first kappa shape index (κ1) is 11.0. The summed E-state index contributed by atoms with van der Waals surface area (Å²) >= 11 is 1.87. The Labute approximate surface area is 94.8 Å². The molecule has 84 valence electrons. The van der Waals surface area contributed by atoms with Crippen molar-refractivity contribution in [2.75, 3.05) is 7.05 Å². The van der Waals surface area contributed by atoms with E-state index in [0.717, 1.165) is 5.16 Å². The van der Waals surface area contributed by atoms with Gasteiger partial charge in [0.2, 0.25) is 0 Å². The number of hydrogen-bond acceptors (Lipinski definition) is 4. The van der Waals surface area contributed by atoms with E-state index < -0.39 is 0 Å². The monoisotopic (exact) mass is 226 g/mol. The quantitative estimate of drug-likeness (QED) is 0.847. The van der Waals surface area contributed by atoms with Crippen LogP contribution in [0, 0.1) is 0 Å². The van der Waals surface area contributed by atoms with Crippen LogP contribution in [0.15, 0.2) is 11.5 Å². The number of nitrogens with one attached hydrogen (secondary N) is 1. The lowest BCUT2D eigenvalue weighted by Crippen LogP contribution is -2.32. The van der Waals surface area contributed by atoms with Crippen molar-refractivity contribution in [1.29, 1.82) is 0 Å². The van der Waals surface area contributed by atoms with Crippen molar-refractivity contribution in [2.24, 2.45) is 7.05 Å². The van der Waals surface area contributed by atoms with Crippen LogP contribution >= 0.6 is 11.8 Å². The maximum Gasteiger partial charge on any atom is 0.186 e. The van der Waals surface area contributed by atoms with E-state index in [-0.39, 0.29) is 0 Å². The van der Waals surface area contributed by atoms with Crippen molar-refractivity contribution < 1.29 is 0 Å². The maximum atomic E-state index is 4.26. The van der Waals surface area contributed by atoms with Crippen LogP contribution in [-0.2, 0) is 7.05 Å². The van der Waals surface area contributed by atoms with Crippen LogP contribution in [0.2, 0.25) is 0 Å². The Morgan fingerprint density at radius 1 is 1.53 bits per heavy atom. The van der Waals surface area contributed by atoms with E-state index in [1.807, 2.05) is 23.5 Å². The van der Waals surface area contributed by atoms with Gasteiger partial charge >= 0.3 is 0 Å². The third-order valence-corrected chi connectivity index (χ3v) is 4.32. The van der Waals surface area contributed by atoms with Crippen LogP contribution in [0.4, 0.5) is 0 Å². The summed E-state index contributed by atoms with van der Waals surface area (Å²) in [6, 6.07) is 0.685. The number of thioether (sulfide) groups is 1. The Balaban J connectivity index is 1.92. The Morgan fingerprint density at radius 2 is 2.40 bits per heavy atom. The summed E-state index contributed by atoms with van der Waals surface area (Å²) in [5, 5.41) is 9.19. The van der Waals surface area contributed by atoms with Gasteiger partial charge in [-0.2, -0.15) is 5.10 Å². The van der Waals surface area contributed by atoms with Gasteiger partial charge in [-0.25, -0.2) is 9.67 Å². The summed E-state index contributed by atoms with van der Waals surface area (Å²) in [7, 11) is 4.01. The predicted molar refractivity (Wildman–Crippen MR) is 62.0 cm³/mol. The Kier molecular flexibility index (Phi) is 3.64. The summed E-state index contributed by atoms with van der Waals surface area (Å²) in [5.74, 6) is 0. The number of aromatic nitrogens is 3. The van der Waals surface area contributed by atoms with E-state index in [1.54, 1.807) is 6.33 Å². The normalized spacial score (nSPS) is 26.8. The maximum absolute atomic E-state index is 4.26. The smallest absolute Gasteiger partial charge is 0.186 e. The zero-order valence-electron chi connectivity index (χ0n) is 9.31. The van der Waals surface area contributed by atoms with E-state index in [0.29, 0.717) is 11.3 Å². The van der Waals surface area contributed by atoms with Gasteiger partial charge in [-0.1, -0.05) is 18.2 Å². The molecule has 0 radical (unpaired) electrons. The van der Waals surface area contributed by atoms with E-state index in [9.17, 15) is 0 Å². The molecule has 2 atom stereocenters. The number of hydrogen-bond donors (Lipinski definition) is 1. The SMILES string of the molecule is CNC1CCCC(Sc2ncnn2C)C1. The molecule has 5 heteroatoms. The molecule has 1 aromatic heterocycles. The van der Waals surface area contributed by atoms with Crippen molar-refractivity contribution in [3.8, 4) is 0 Å². The van der Waals surface area contributed by atoms with Crippen LogP contribution in [0.5, 0.6) is 0 Å². The van der Waals surface area contributed by atoms with Crippen LogP contribution in [-0.4, -0.2) is 33.1 Å². The molecule has 2 unspecified atom stereocenters. The molecule has 1 heterocycles. The molecule has 1 fully saturated rings. The van der Waals surface area contributed by atoms with Crippen molar-refractivity contribution in [3.63, 3.8) is 0 Å². The molecule has 0 bridgehead atoms. The lowest BCUT2D eigenvalue weighted by molar-refractivity contribution is 0.402. The van der Waals surface area contributed by atoms with Gasteiger partial charge in [0.15, 0.2) is 5.16 Å². The topological polar surface area (TPSA) is 42.7 Å². The predicted octanol–water partition coefficient (Wildman–Crippen LogP) is 1.44. The molecule has 0 spiro atoms. The minimum atomic E-state index is 0.685. The highest BCUT2D eigenvalue weighted by Gasteiger charge is 2.22. The van der Waals surface area contributed by atoms with Gasteiger partial charge in [-0.05, 0) is 26.3 Å². The third-order valence-electron chi connectivity index (χ3n) is 2.98. The molecule has 1 aliphatic carbocycles. The molecule has 1 aliphatic rings. The second kappa shape index (κ2) is 4.99. The molecule has 0 aliphatic heterocycles. The molecule has 0 saturated heterocycles. The molecule has 1 N–H and O–H groups in total. The zero-order chi connectivity index (χ0) is 10.7. The highest BCUT2D eigenvalue weighted by atomic mass is 32.2. The molecule has 0 amide bonds. The summed E-state index contributed by atoms with van der Waals surface area (Å²) < 4.78 is 1.85. The number of nitrogens with zero attached hydrogens (tertiary/aromatic N) is 3. The molecule has 15 heavy (non-hydrogen) atoms. The van der Waals surface area contributed by atoms with Crippen molar-refractivity contribution in [1.82, 2.24) is 20.1 Å². The number of aryl methyl sites for hydroxylation is 1. The lowest BCUT2D eigenvalue weighted by atomic mass is 9.95. The number of rotatable bonds is 3. The Morgan fingerprint density at radius 3 is 3.07 bits per heavy atom. The first-order valence-corrected chi connectivity index (χ1v) is 6.35.